The zero-order valence-electron chi connectivity index (χ0n) is 10.9. The fourth-order valence-electron chi connectivity index (χ4n) is 1.59. The summed E-state index contributed by atoms with van der Waals surface area (Å²) in [6, 6.07) is 9.77. The van der Waals surface area contributed by atoms with Gasteiger partial charge in [-0.25, -0.2) is 4.99 Å². The highest BCUT2D eigenvalue weighted by molar-refractivity contribution is 5.87. The van der Waals surface area contributed by atoms with Crippen molar-refractivity contribution >= 4 is 23.4 Å². The number of hydrogen-bond acceptors (Lipinski definition) is 4. The minimum absolute atomic E-state index is 0.411. The monoisotopic (exact) mass is 258 g/mol. The normalized spacial score (nSPS) is 11.0. The molecular formula is C14H18N4O. The number of nitrogens with zero attached hydrogens (tertiary/aromatic N) is 1. The third kappa shape index (κ3) is 3.07. The molecule has 0 aliphatic rings. The van der Waals surface area contributed by atoms with Crippen LogP contribution in [0.2, 0.25) is 0 Å². The molecule has 100 valence electrons. The summed E-state index contributed by atoms with van der Waals surface area (Å²) < 4.78 is 5.47. The molecule has 19 heavy (non-hydrogen) atoms. The lowest BCUT2D eigenvalue weighted by Gasteiger charge is -2.01. The van der Waals surface area contributed by atoms with E-state index in [0.717, 1.165) is 12.0 Å². The molecule has 5 nitrogen and oxygen atoms in total. The van der Waals surface area contributed by atoms with Crippen LogP contribution in [-0.2, 0) is 0 Å². The maximum atomic E-state index is 5.89. The molecule has 0 aliphatic heterocycles. The van der Waals surface area contributed by atoms with E-state index in [0.29, 0.717) is 29.7 Å². The van der Waals surface area contributed by atoms with Gasteiger partial charge in [-0.15, -0.1) is 0 Å². The topological polar surface area (TPSA) is 89.4 Å². The number of anilines is 2. The Kier molecular flexibility index (Phi) is 4.07. The van der Waals surface area contributed by atoms with Gasteiger partial charge in [0, 0.05) is 6.21 Å². The summed E-state index contributed by atoms with van der Waals surface area (Å²) in [6.45, 7) is 2.61. The van der Waals surface area contributed by atoms with Crippen LogP contribution in [0.5, 0.6) is 5.88 Å². The average Bonchev–Trinajstić information content (AvgIpc) is 2.72. The van der Waals surface area contributed by atoms with Crippen LogP contribution in [-0.4, -0.2) is 17.8 Å². The summed E-state index contributed by atoms with van der Waals surface area (Å²) in [6.07, 6.45) is 2.63. The van der Waals surface area contributed by atoms with E-state index in [9.17, 15) is 0 Å². The standard InChI is InChI=1S/C14H18N4O/c1-2-8-19-14-12(16)11(15)13(18-14)17-9-10-6-4-3-5-7-10/h3-7,9,18H,2,8,15-16H2,1H3. The van der Waals surface area contributed by atoms with E-state index >= 15 is 0 Å². The Morgan fingerprint density at radius 1 is 1.21 bits per heavy atom. The first-order valence-electron chi connectivity index (χ1n) is 6.21. The van der Waals surface area contributed by atoms with Gasteiger partial charge < -0.3 is 21.2 Å². The van der Waals surface area contributed by atoms with Crippen molar-refractivity contribution < 1.29 is 4.74 Å². The minimum Gasteiger partial charge on any atom is -0.477 e. The molecule has 0 spiro atoms. The molecule has 0 amide bonds. The summed E-state index contributed by atoms with van der Waals surface area (Å²) in [4.78, 5) is 7.28. The van der Waals surface area contributed by atoms with E-state index in [-0.39, 0.29) is 0 Å². The van der Waals surface area contributed by atoms with Gasteiger partial charge in [-0.05, 0) is 12.0 Å². The van der Waals surface area contributed by atoms with Crippen LogP contribution in [0.1, 0.15) is 18.9 Å². The highest BCUT2D eigenvalue weighted by atomic mass is 16.5. The second-order valence-electron chi connectivity index (χ2n) is 4.15. The van der Waals surface area contributed by atoms with Crippen LogP contribution >= 0.6 is 0 Å². The van der Waals surface area contributed by atoms with Gasteiger partial charge in [-0.3, -0.25) is 0 Å². The van der Waals surface area contributed by atoms with Gasteiger partial charge in [0.2, 0.25) is 5.88 Å². The molecule has 5 heteroatoms. The van der Waals surface area contributed by atoms with Crippen LogP contribution in [0, 0.1) is 0 Å². The number of nitrogens with two attached hydrogens (primary N) is 2. The molecule has 2 aromatic rings. The molecule has 1 aromatic heterocycles. The first kappa shape index (κ1) is 13.0. The lowest BCUT2D eigenvalue weighted by atomic mass is 10.2. The SMILES string of the molecule is CCCOc1[nH]c(N=Cc2ccccc2)c(N)c1N. The van der Waals surface area contributed by atoms with Gasteiger partial charge in [0.1, 0.15) is 11.4 Å². The van der Waals surface area contributed by atoms with Crippen LogP contribution in [0.25, 0.3) is 0 Å². The largest absolute Gasteiger partial charge is 0.477 e. The molecule has 0 saturated carbocycles. The molecule has 0 atom stereocenters. The number of hydrogen-bond donors (Lipinski definition) is 3. The molecular weight excluding hydrogens is 240 g/mol. The first-order chi connectivity index (χ1) is 9.22. The molecule has 0 saturated heterocycles. The zero-order valence-corrected chi connectivity index (χ0v) is 10.9. The van der Waals surface area contributed by atoms with Crippen molar-refractivity contribution in [1.82, 2.24) is 4.98 Å². The summed E-state index contributed by atoms with van der Waals surface area (Å²) in [7, 11) is 0. The second-order valence-corrected chi connectivity index (χ2v) is 4.15. The van der Waals surface area contributed by atoms with Crippen LogP contribution in [0.3, 0.4) is 0 Å². The lowest BCUT2D eigenvalue weighted by molar-refractivity contribution is 0.309. The average molecular weight is 258 g/mol. The number of H-pyrrole nitrogens is 1. The quantitative estimate of drug-likeness (QED) is 0.720. The van der Waals surface area contributed by atoms with Crippen molar-refractivity contribution in [2.24, 2.45) is 4.99 Å². The molecule has 0 unspecified atom stereocenters. The van der Waals surface area contributed by atoms with E-state index in [1.807, 2.05) is 37.3 Å². The number of benzene rings is 1. The highest BCUT2D eigenvalue weighted by Gasteiger charge is 2.12. The second kappa shape index (κ2) is 5.95. The third-order valence-corrected chi connectivity index (χ3v) is 2.61. The van der Waals surface area contributed by atoms with E-state index in [1.165, 1.54) is 0 Å². The maximum Gasteiger partial charge on any atom is 0.218 e. The summed E-state index contributed by atoms with van der Waals surface area (Å²) in [5, 5.41) is 0. The summed E-state index contributed by atoms with van der Waals surface area (Å²) in [5.74, 6) is 1.01. The summed E-state index contributed by atoms with van der Waals surface area (Å²) >= 11 is 0. The van der Waals surface area contributed by atoms with Gasteiger partial charge in [0.05, 0.1) is 6.61 Å². The molecule has 1 aromatic carbocycles. The predicted molar refractivity (Wildman–Crippen MR) is 79.1 cm³/mol. The molecule has 1 heterocycles. The smallest absolute Gasteiger partial charge is 0.218 e. The van der Waals surface area contributed by atoms with Crippen molar-refractivity contribution in [3.63, 3.8) is 0 Å². The Bertz CT molecular complexity index is 560. The van der Waals surface area contributed by atoms with Crippen LogP contribution in [0.4, 0.5) is 17.2 Å². The number of aromatic amines is 1. The fraction of sp³-hybridized carbons (Fsp3) is 0.214. The number of nitrogens with one attached hydrogen (secondary N) is 1. The van der Waals surface area contributed by atoms with Crippen molar-refractivity contribution in [2.75, 3.05) is 18.1 Å². The Balaban J connectivity index is 2.19. The lowest BCUT2D eigenvalue weighted by Crippen LogP contribution is -1.98. The predicted octanol–water partition coefficient (Wildman–Crippen LogP) is 2.72. The van der Waals surface area contributed by atoms with Crippen molar-refractivity contribution in [3.8, 4) is 5.88 Å². The molecule has 0 bridgehead atoms. The fourth-order valence-corrected chi connectivity index (χ4v) is 1.59. The molecule has 2 rings (SSSR count). The Hall–Kier alpha value is -2.43. The van der Waals surface area contributed by atoms with E-state index in [1.54, 1.807) is 6.21 Å². The van der Waals surface area contributed by atoms with Crippen molar-refractivity contribution in [3.05, 3.63) is 35.9 Å². The van der Waals surface area contributed by atoms with Gasteiger partial charge in [0.15, 0.2) is 5.82 Å². The van der Waals surface area contributed by atoms with Crippen LogP contribution < -0.4 is 16.2 Å². The molecule has 0 fully saturated rings. The van der Waals surface area contributed by atoms with E-state index in [2.05, 4.69) is 9.98 Å². The number of ether oxygens (including phenoxy) is 1. The molecule has 0 radical (unpaired) electrons. The maximum absolute atomic E-state index is 5.89. The number of nitrogen functional groups attached to an aromatic ring is 2. The van der Waals surface area contributed by atoms with Gasteiger partial charge in [-0.2, -0.15) is 0 Å². The number of aliphatic imine (C=N–C) groups is 1. The first-order valence-corrected chi connectivity index (χ1v) is 6.21. The molecule has 5 N–H and O–H groups in total. The van der Waals surface area contributed by atoms with Crippen molar-refractivity contribution in [1.29, 1.82) is 0 Å². The Morgan fingerprint density at radius 2 is 1.95 bits per heavy atom. The minimum atomic E-state index is 0.411. The number of rotatable bonds is 5. The van der Waals surface area contributed by atoms with Crippen LogP contribution in [0.15, 0.2) is 35.3 Å². The Labute approximate surface area is 112 Å². The van der Waals surface area contributed by atoms with Gasteiger partial charge in [-0.1, -0.05) is 37.3 Å². The highest BCUT2D eigenvalue weighted by Crippen LogP contribution is 2.35. The number of aromatic nitrogens is 1. The summed E-state index contributed by atoms with van der Waals surface area (Å²) in [5.41, 5.74) is 13.6. The zero-order chi connectivity index (χ0) is 13.7. The van der Waals surface area contributed by atoms with Gasteiger partial charge >= 0.3 is 0 Å². The van der Waals surface area contributed by atoms with E-state index in [4.69, 9.17) is 16.2 Å². The Morgan fingerprint density at radius 3 is 2.63 bits per heavy atom. The third-order valence-electron chi connectivity index (χ3n) is 2.61. The van der Waals surface area contributed by atoms with Gasteiger partial charge in [0.25, 0.3) is 0 Å². The molecule has 0 aliphatic carbocycles. The van der Waals surface area contributed by atoms with E-state index < -0.39 is 0 Å². The van der Waals surface area contributed by atoms with Crippen molar-refractivity contribution in [2.45, 2.75) is 13.3 Å².